The lowest BCUT2D eigenvalue weighted by Gasteiger charge is -2.00. The summed E-state index contributed by atoms with van der Waals surface area (Å²) in [6.07, 6.45) is 1.77. The highest BCUT2D eigenvalue weighted by molar-refractivity contribution is 5.47. The van der Waals surface area contributed by atoms with E-state index in [4.69, 9.17) is 5.73 Å². The Hall–Kier alpha value is -1.42. The number of nitrogens with two attached hydrogens (primary N) is 1. The van der Waals surface area contributed by atoms with Crippen LogP contribution in [-0.4, -0.2) is 14.6 Å². The second-order valence-corrected chi connectivity index (χ2v) is 3.15. The third-order valence-corrected chi connectivity index (χ3v) is 2.07. The van der Waals surface area contributed by atoms with Gasteiger partial charge < -0.3 is 5.73 Å². The minimum absolute atomic E-state index is 0.486. The van der Waals surface area contributed by atoms with E-state index in [1.54, 1.807) is 6.20 Å². The minimum Gasteiger partial charge on any atom is -0.326 e. The van der Waals surface area contributed by atoms with Crippen LogP contribution in [0, 0.1) is 13.8 Å². The molecule has 0 saturated heterocycles. The maximum absolute atomic E-state index is 5.57. The van der Waals surface area contributed by atoms with Crippen molar-refractivity contribution in [2.45, 2.75) is 20.4 Å². The smallest absolute Gasteiger partial charge is 0.159 e. The summed E-state index contributed by atoms with van der Waals surface area (Å²) in [6.45, 7) is 4.47. The second kappa shape index (κ2) is 2.81. The van der Waals surface area contributed by atoms with E-state index < -0.39 is 0 Å². The Morgan fingerprint density at radius 3 is 2.92 bits per heavy atom. The fourth-order valence-electron chi connectivity index (χ4n) is 1.46. The predicted octanol–water partition coefficient (Wildman–Crippen LogP) is 0.805. The lowest BCUT2D eigenvalue weighted by Crippen LogP contribution is -2.00. The average molecular weight is 176 g/mol. The molecule has 0 saturated carbocycles. The molecule has 2 heterocycles. The number of rotatable bonds is 1. The van der Waals surface area contributed by atoms with Crippen LogP contribution in [0.5, 0.6) is 0 Å². The number of fused-ring (bicyclic) bond motifs is 1. The van der Waals surface area contributed by atoms with Gasteiger partial charge in [0.05, 0.1) is 6.20 Å². The standard InChI is InChI=1S/C9H12N4/c1-6-3-7(2)13-9(12-6)8(4-10)5-11-13/h3,5H,4,10H2,1-2H3. The molecule has 13 heavy (non-hydrogen) atoms. The fraction of sp³-hybridized carbons (Fsp3) is 0.333. The first kappa shape index (κ1) is 8.19. The van der Waals surface area contributed by atoms with Crippen molar-refractivity contribution in [3.05, 3.63) is 29.2 Å². The third kappa shape index (κ3) is 1.19. The molecular formula is C9H12N4. The Morgan fingerprint density at radius 2 is 2.23 bits per heavy atom. The highest BCUT2D eigenvalue weighted by Gasteiger charge is 2.05. The van der Waals surface area contributed by atoms with E-state index in [1.807, 2.05) is 24.4 Å². The Morgan fingerprint density at radius 1 is 1.46 bits per heavy atom. The van der Waals surface area contributed by atoms with Gasteiger partial charge in [0, 0.05) is 23.5 Å². The van der Waals surface area contributed by atoms with Crippen molar-refractivity contribution in [2.24, 2.45) is 5.73 Å². The largest absolute Gasteiger partial charge is 0.326 e. The van der Waals surface area contributed by atoms with Gasteiger partial charge in [-0.15, -0.1) is 0 Å². The van der Waals surface area contributed by atoms with E-state index in [2.05, 4.69) is 10.1 Å². The summed E-state index contributed by atoms with van der Waals surface area (Å²) in [7, 11) is 0. The van der Waals surface area contributed by atoms with Crippen LogP contribution in [-0.2, 0) is 6.54 Å². The van der Waals surface area contributed by atoms with Crippen molar-refractivity contribution in [2.75, 3.05) is 0 Å². The molecule has 0 bridgehead atoms. The summed E-state index contributed by atoms with van der Waals surface area (Å²) >= 11 is 0. The Bertz CT molecular complexity index is 444. The molecule has 2 aromatic rings. The first-order chi connectivity index (χ1) is 6.22. The molecule has 0 aliphatic carbocycles. The highest BCUT2D eigenvalue weighted by atomic mass is 15.3. The van der Waals surface area contributed by atoms with Gasteiger partial charge in [0.1, 0.15) is 0 Å². The average Bonchev–Trinajstić information content (AvgIpc) is 2.47. The summed E-state index contributed by atoms with van der Waals surface area (Å²) in [5, 5.41) is 4.20. The summed E-state index contributed by atoms with van der Waals surface area (Å²) in [4.78, 5) is 4.39. The van der Waals surface area contributed by atoms with Gasteiger partial charge in [0.2, 0.25) is 0 Å². The van der Waals surface area contributed by atoms with Gasteiger partial charge in [0.15, 0.2) is 5.65 Å². The number of aryl methyl sites for hydroxylation is 2. The van der Waals surface area contributed by atoms with Crippen LogP contribution < -0.4 is 5.73 Å². The van der Waals surface area contributed by atoms with Crippen LogP contribution in [0.3, 0.4) is 0 Å². The molecule has 0 unspecified atom stereocenters. The molecule has 4 heteroatoms. The van der Waals surface area contributed by atoms with Crippen molar-refractivity contribution in [1.82, 2.24) is 14.6 Å². The molecule has 2 N–H and O–H groups in total. The molecule has 0 fully saturated rings. The maximum atomic E-state index is 5.57. The zero-order valence-corrected chi connectivity index (χ0v) is 7.78. The number of hydrogen-bond donors (Lipinski definition) is 1. The topological polar surface area (TPSA) is 56.2 Å². The lowest BCUT2D eigenvalue weighted by molar-refractivity contribution is 0.885. The Labute approximate surface area is 76.4 Å². The molecule has 0 atom stereocenters. The first-order valence-electron chi connectivity index (χ1n) is 4.23. The number of hydrogen-bond acceptors (Lipinski definition) is 3. The Kier molecular flexibility index (Phi) is 1.77. The minimum atomic E-state index is 0.486. The highest BCUT2D eigenvalue weighted by Crippen LogP contribution is 2.10. The van der Waals surface area contributed by atoms with Gasteiger partial charge >= 0.3 is 0 Å². The van der Waals surface area contributed by atoms with Gasteiger partial charge in [-0.25, -0.2) is 9.50 Å². The fourth-order valence-corrected chi connectivity index (χ4v) is 1.46. The van der Waals surface area contributed by atoms with Crippen LogP contribution in [0.1, 0.15) is 17.0 Å². The predicted molar refractivity (Wildman–Crippen MR) is 50.4 cm³/mol. The summed E-state index contributed by atoms with van der Waals surface area (Å²) in [5.41, 5.74) is 9.52. The van der Waals surface area contributed by atoms with Gasteiger partial charge in [-0.1, -0.05) is 0 Å². The lowest BCUT2D eigenvalue weighted by atomic mass is 10.3. The van der Waals surface area contributed by atoms with Gasteiger partial charge in [-0.05, 0) is 19.9 Å². The molecular weight excluding hydrogens is 164 g/mol. The van der Waals surface area contributed by atoms with Crippen molar-refractivity contribution in [3.63, 3.8) is 0 Å². The van der Waals surface area contributed by atoms with Crippen LogP contribution in [0.25, 0.3) is 5.65 Å². The molecule has 0 aromatic carbocycles. The molecule has 0 aliphatic heterocycles. The van der Waals surface area contributed by atoms with E-state index >= 15 is 0 Å². The molecule has 68 valence electrons. The number of aromatic nitrogens is 3. The zero-order chi connectivity index (χ0) is 9.42. The molecule has 2 rings (SSSR count). The molecule has 0 aliphatic rings. The van der Waals surface area contributed by atoms with Crippen LogP contribution in [0.15, 0.2) is 12.3 Å². The van der Waals surface area contributed by atoms with Crippen LogP contribution in [0.2, 0.25) is 0 Å². The van der Waals surface area contributed by atoms with Crippen molar-refractivity contribution in [3.8, 4) is 0 Å². The first-order valence-corrected chi connectivity index (χ1v) is 4.23. The van der Waals surface area contributed by atoms with E-state index in [9.17, 15) is 0 Å². The van der Waals surface area contributed by atoms with Gasteiger partial charge in [-0.3, -0.25) is 0 Å². The van der Waals surface area contributed by atoms with Crippen molar-refractivity contribution < 1.29 is 0 Å². The van der Waals surface area contributed by atoms with E-state index in [0.717, 1.165) is 22.6 Å². The molecule has 0 spiro atoms. The maximum Gasteiger partial charge on any atom is 0.159 e. The normalized spacial score (nSPS) is 11.0. The molecule has 0 radical (unpaired) electrons. The monoisotopic (exact) mass is 176 g/mol. The van der Waals surface area contributed by atoms with Gasteiger partial charge in [0.25, 0.3) is 0 Å². The molecule has 4 nitrogen and oxygen atoms in total. The molecule has 0 amide bonds. The summed E-state index contributed by atoms with van der Waals surface area (Å²) in [6, 6.07) is 2.00. The summed E-state index contributed by atoms with van der Waals surface area (Å²) in [5.74, 6) is 0. The SMILES string of the molecule is Cc1cc(C)n2ncc(CN)c2n1. The van der Waals surface area contributed by atoms with Gasteiger partial charge in [-0.2, -0.15) is 5.10 Å². The zero-order valence-electron chi connectivity index (χ0n) is 7.78. The van der Waals surface area contributed by atoms with Crippen molar-refractivity contribution in [1.29, 1.82) is 0 Å². The number of nitrogens with zero attached hydrogens (tertiary/aromatic N) is 3. The quantitative estimate of drug-likeness (QED) is 0.699. The third-order valence-electron chi connectivity index (χ3n) is 2.07. The van der Waals surface area contributed by atoms with Crippen LogP contribution in [0.4, 0.5) is 0 Å². The van der Waals surface area contributed by atoms with Crippen molar-refractivity contribution >= 4 is 5.65 Å². The Balaban J connectivity index is 2.82. The van der Waals surface area contributed by atoms with Crippen LogP contribution >= 0.6 is 0 Å². The van der Waals surface area contributed by atoms with E-state index in [-0.39, 0.29) is 0 Å². The van der Waals surface area contributed by atoms with E-state index in [1.165, 1.54) is 0 Å². The summed E-state index contributed by atoms with van der Waals surface area (Å²) < 4.78 is 1.81. The molecule has 2 aromatic heterocycles. The van der Waals surface area contributed by atoms with E-state index in [0.29, 0.717) is 6.54 Å². The second-order valence-electron chi connectivity index (χ2n) is 3.15.